The van der Waals surface area contributed by atoms with Gasteiger partial charge in [-0.2, -0.15) is 0 Å². The highest BCUT2D eigenvalue weighted by Gasteiger charge is 2.36. The highest BCUT2D eigenvalue weighted by Crippen LogP contribution is 2.51. The van der Waals surface area contributed by atoms with Crippen LogP contribution >= 0.6 is 11.8 Å². The van der Waals surface area contributed by atoms with E-state index in [1.807, 2.05) is 11.8 Å². The van der Waals surface area contributed by atoms with Crippen molar-refractivity contribution in [1.82, 2.24) is 0 Å². The van der Waals surface area contributed by atoms with Crippen LogP contribution in [0.2, 0.25) is 0 Å². The van der Waals surface area contributed by atoms with Gasteiger partial charge >= 0.3 is 0 Å². The van der Waals surface area contributed by atoms with E-state index in [9.17, 15) is 0 Å². The minimum atomic E-state index is 0.190. The van der Waals surface area contributed by atoms with E-state index in [1.54, 1.807) is 7.11 Å². The molecule has 1 nitrogen and oxygen atoms in total. The number of hydrogen-bond acceptors (Lipinski definition) is 2. The second-order valence-electron chi connectivity index (χ2n) is 6.14. The van der Waals surface area contributed by atoms with E-state index in [0.717, 1.165) is 12.2 Å². The van der Waals surface area contributed by atoms with Crippen molar-refractivity contribution >= 4 is 11.8 Å². The van der Waals surface area contributed by atoms with E-state index in [2.05, 4.69) is 73.0 Å². The van der Waals surface area contributed by atoms with Crippen LogP contribution in [0.5, 0.6) is 5.75 Å². The van der Waals surface area contributed by atoms with Gasteiger partial charge in [-0.05, 0) is 41.5 Å². The zero-order valence-electron chi connectivity index (χ0n) is 13.9. The maximum atomic E-state index is 5.28. The lowest BCUT2D eigenvalue weighted by atomic mass is 9.81. The summed E-state index contributed by atoms with van der Waals surface area (Å²) in [5.41, 5.74) is 2.83. The van der Waals surface area contributed by atoms with Gasteiger partial charge in [-0.15, -0.1) is 11.8 Å². The molecule has 2 aromatic rings. The number of benzene rings is 2. The molecule has 0 saturated carbocycles. The molecule has 120 valence electrons. The number of hydrogen-bond donors (Lipinski definition) is 0. The molecule has 1 heterocycles. The highest BCUT2D eigenvalue weighted by molar-refractivity contribution is 8.03. The number of ether oxygens (including phenoxy) is 1. The first-order valence-corrected chi connectivity index (χ1v) is 9.19. The lowest BCUT2D eigenvalue weighted by Gasteiger charge is -2.38. The van der Waals surface area contributed by atoms with Crippen LogP contribution in [0.25, 0.3) is 0 Å². The molecule has 3 rings (SSSR count). The van der Waals surface area contributed by atoms with Crippen molar-refractivity contribution in [3.63, 3.8) is 0 Å². The number of methoxy groups -OCH3 is 1. The molecule has 0 fully saturated rings. The van der Waals surface area contributed by atoms with E-state index in [4.69, 9.17) is 4.74 Å². The van der Waals surface area contributed by atoms with Gasteiger partial charge in [0.2, 0.25) is 0 Å². The molecular weight excluding hydrogens is 300 g/mol. The largest absolute Gasteiger partial charge is 0.497 e. The molecule has 0 radical (unpaired) electrons. The molecule has 0 spiro atoms. The van der Waals surface area contributed by atoms with Crippen molar-refractivity contribution < 1.29 is 4.74 Å². The molecule has 1 aliphatic heterocycles. The van der Waals surface area contributed by atoms with Crippen molar-refractivity contribution in [2.45, 2.75) is 36.9 Å². The first-order chi connectivity index (χ1) is 11.3. The Morgan fingerprint density at radius 2 is 1.83 bits per heavy atom. The molecule has 2 aromatic carbocycles. The fraction of sp³-hybridized carbons (Fsp3) is 0.333. The Hall–Kier alpha value is -1.67. The van der Waals surface area contributed by atoms with Gasteiger partial charge in [0.1, 0.15) is 5.75 Å². The van der Waals surface area contributed by atoms with Gasteiger partial charge in [0.05, 0.1) is 7.11 Å². The van der Waals surface area contributed by atoms with Crippen molar-refractivity contribution in [1.29, 1.82) is 0 Å². The van der Waals surface area contributed by atoms with Gasteiger partial charge in [-0.3, -0.25) is 0 Å². The lowest BCUT2D eigenvalue weighted by Crippen LogP contribution is -2.26. The van der Waals surface area contributed by atoms with Crippen LogP contribution in [0.4, 0.5) is 0 Å². The minimum Gasteiger partial charge on any atom is -0.497 e. The van der Waals surface area contributed by atoms with Crippen LogP contribution in [0.1, 0.15) is 43.2 Å². The molecule has 0 unspecified atom stereocenters. The van der Waals surface area contributed by atoms with Crippen molar-refractivity contribution in [2.75, 3.05) is 7.11 Å². The normalized spacial score (nSPS) is 23.7. The van der Waals surface area contributed by atoms with Gasteiger partial charge in [-0.1, -0.05) is 61.9 Å². The Balaban J connectivity index is 1.90. The maximum Gasteiger partial charge on any atom is 0.118 e. The predicted octanol–water partition coefficient (Wildman–Crippen LogP) is 6.13. The van der Waals surface area contributed by atoms with Gasteiger partial charge in [-0.25, -0.2) is 0 Å². The molecule has 0 aliphatic carbocycles. The maximum absolute atomic E-state index is 5.28. The quantitative estimate of drug-likeness (QED) is 0.654. The van der Waals surface area contributed by atoms with E-state index in [0.29, 0.717) is 5.92 Å². The molecule has 0 amide bonds. The van der Waals surface area contributed by atoms with E-state index in [-0.39, 0.29) is 4.75 Å². The number of allylic oxidation sites excluding steroid dienone is 1. The first-order valence-electron chi connectivity index (χ1n) is 8.31. The van der Waals surface area contributed by atoms with Crippen molar-refractivity contribution in [3.8, 4) is 5.75 Å². The second-order valence-corrected chi connectivity index (χ2v) is 7.43. The average molecular weight is 324 g/mol. The third-order valence-corrected chi connectivity index (χ3v) is 6.00. The van der Waals surface area contributed by atoms with E-state index < -0.39 is 0 Å². The summed E-state index contributed by atoms with van der Waals surface area (Å²) in [5.74, 6) is 1.39. The van der Waals surface area contributed by atoms with Crippen LogP contribution in [0, 0.1) is 0 Å². The molecule has 0 bridgehead atoms. The molecule has 23 heavy (non-hydrogen) atoms. The molecular formula is C21H24OS. The Bertz CT molecular complexity index is 647. The topological polar surface area (TPSA) is 9.23 Å². The number of rotatable bonds is 5. The monoisotopic (exact) mass is 324 g/mol. The third kappa shape index (κ3) is 3.48. The molecule has 2 atom stereocenters. The van der Waals surface area contributed by atoms with Crippen LogP contribution in [-0.2, 0) is 4.75 Å². The second kappa shape index (κ2) is 7.27. The summed E-state index contributed by atoms with van der Waals surface area (Å²) in [5, 5.41) is 2.31. The smallest absolute Gasteiger partial charge is 0.118 e. The van der Waals surface area contributed by atoms with Crippen molar-refractivity contribution in [2.24, 2.45) is 0 Å². The molecule has 1 aliphatic rings. The zero-order chi connectivity index (χ0) is 16.1. The Labute approximate surface area is 143 Å². The third-order valence-electron chi connectivity index (χ3n) is 4.65. The summed E-state index contributed by atoms with van der Waals surface area (Å²) in [6.07, 6.45) is 5.91. The molecule has 2 heteroatoms. The van der Waals surface area contributed by atoms with E-state index >= 15 is 0 Å². The summed E-state index contributed by atoms with van der Waals surface area (Å²) < 4.78 is 5.47. The lowest BCUT2D eigenvalue weighted by molar-refractivity contribution is 0.414. The summed E-state index contributed by atoms with van der Waals surface area (Å²) in [6.45, 7) is 2.28. The molecule has 0 aromatic heterocycles. The standard InChI is InChI=1S/C21H24OS/c1-3-14-21(19-7-5-4-6-8-19)16-18(13-15-23-21)17-9-11-20(22-2)12-10-17/h4-13,15,18H,3,14,16H2,1-2H3/t18-,21+/m1/s1. The first kappa shape index (κ1) is 16.2. The summed E-state index contributed by atoms with van der Waals surface area (Å²) in [7, 11) is 1.72. The van der Waals surface area contributed by atoms with Gasteiger partial charge in [0.15, 0.2) is 0 Å². The molecule has 0 saturated heterocycles. The van der Waals surface area contributed by atoms with Gasteiger partial charge in [0.25, 0.3) is 0 Å². The summed E-state index contributed by atoms with van der Waals surface area (Å²) >= 11 is 1.99. The highest BCUT2D eigenvalue weighted by atomic mass is 32.2. The fourth-order valence-electron chi connectivity index (χ4n) is 3.45. The summed E-state index contributed by atoms with van der Waals surface area (Å²) in [6, 6.07) is 19.5. The van der Waals surface area contributed by atoms with Crippen LogP contribution in [-0.4, -0.2) is 7.11 Å². The predicted molar refractivity (Wildman–Crippen MR) is 100 cm³/mol. The Morgan fingerprint density at radius 3 is 2.48 bits per heavy atom. The van der Waals surface area contributed by atoms with Crippen molar-refractivity contribution in [3.05, 3.63) is 77.2 Å². The van der Waals surface area contributed by atoms with Crippen LogP contribution in [0.15, 0.2) is 66.1 Å². The van der Waals surface area contributed by atoms with Gasteiger partial charge < -0.3 is 4.74 Å². The number of thioether (sulfide) groups is 1. The van der Waals surface area contributed by atoms with E-state index in [1.165, 1.54) is 24.0 Å². The van der Waals surface area contributed by atoms with Gasteiger partial charge in [0, 0.05) is 10.7 Å². The SMILES string of the molecule is CCC[C@@]1(c2ccccc2)C[C@H](c2ccc(OC)cc2)C=CS1. The van der Waals surface area contributed by atoms with Crippen LogP contribution in [0.3, 0.4) is 0 Å². The fourth-order valence-corrected chi connectivity index (χ4v) is 4.85. The average Bonchev–Trinajstić information content (AvgIpc) is 2.63. The molecule has 0 N–H and O–H groups in total. The zero-order valence-corrected chi connectivity index (χ0v) is 14.7. The minimum absolute atomic E-state index is 0.190. The Kier molecular flexibility index (Phi) is 5.12. The summed E-state index contributed by atoms with van der Waals surface area (Å²) in [4.78, 5) is 0. The Morgan fingerprint density at radius 1 is 1.09 bits per heavy atom. The van der Waals surface area contributed by atoms with Crippen LogP contribution < -0.4 is 4.74 Å².